The van der Waals surface area contributed by atoms with E-state index >= 15 is 0 Å². The second kappa shape index (κ2) is 5.18. The molecule has 0 bridgehead atoms. The Kier molecular flexibility index (Phi) is 3.63. The Morgan fingerprint density at radius 2 is 2.00 bits per heavy atom. The van der Waals surface area contributed by atoms with Crippen molar-refractivity contribution >= 4 is 22.6 Å². The van der Waals surface area contributed by atoms with Crippen LogP contribution in [0.1, 0.15) is 67.1 Å². The molecule has 22 heavy (non-hydrogen) atoms. The van der Waals surface area contributed by atoms with E-state index in [0.717, 1.165) is 5.92 Å². The number of hydrogen-bond donors (Lipinski definition) is 2. The summed E-state index contributed by atoms with van der Waals surface area (Å²) in [6.07, 6.45) is 7.20. The molecule has 0 aromatic heterocycles. The summed E-state index contributed by atoms with van der Waals surface area (Å²) in [5.41, 5.74) is 12.3. The first-order valence-electron chi connectivity index (χ1n) is 8.73. The molecule has 1 aliphatic heterocycles. The van der Waals surface area contributed by atoms with Crippen LogP contribution in [0, 0.1) is 11.3 Å². The zero-order valence-corrected chi connectivity index (χ0v) is 16.0. The Labute approximate surface area is 147 Å². The van der Waals surface area contributed by atoms with Gasteiger partial charge in [0.25, 0.3) is 0 Å². The number of fused-ring (bicyclic) bond motifs is 3. The molecule has 1 saturated carbocycles. The van der Waals surface area contributed by atoms with Crippen molar-refractivity contribution in [2.75, 3.05) is 0 Å². The molecule has 3 aliphatic rings. The topological polar surface area (TPSA) is 43.9 Å². The molecule has 2 N–H and O–H groups in total. The third kappa shape index (κ3) is 2.19. The van der Waals surface area contributed by atoms with E-state index in [1.807, 2.05) is 0 Å². The van der Waals surface area contributed by atoms with Gasteiger partial charge in [-0.2, -0.15) is 0 Å². The van der Waals surface area contributed by atoms with Crippen LogP contribution in [-0.4, -0.2) is 6.17 Å². The Bertz CT molecular complexity index is 595. The van der Waals surface area contributed by atoms with Crippen LogP contribution in [0.2, 0.25) is 0 Å². The summed E-state index contributed by atoms with van der Waals surface area (Å²) >= 11 is 2.53. The number of hydrazine groups is 1. The van der Waals surface area contributed by atoms with Crippen LogP contribution < -0.4 is 10.9 Å². The Hall–Kier alpha value is -0.130. The SMILES string of the molecule is CC(I)c1ccc2c(c1)CC[C@H]1[C@](C)(C3NN3)CCC[C@]21C. The van der Waals surface area contributed by atoms with Gasteiger partial charge in [0, 0.05) is 9.34 Å². The minimum Gasteiger partial charge on any atom is -0.238 e. The van der Waals surface area contributed by atoms with Crippen molar-refractivity contribution in [2.45, 2.75) is 68.4 Å². The number of nitrogens with one attached hydrogen (secondary N) is 2. The van der Waals surface area contributed by atoms with E-state index in [1.165, 1.54) is 37.7 Å². The quantitative estimate of drug-likeness (QED) is 0.424. The molecule has 120 valence electrons. The highest BCUT2D eigenvalue weighted by Crippen LogP contribution is 2.59. The molecular formula is C19H27IN2. The zero-order chi connectivity index (χ0) is 15.5. The number of alkyl halides is 1. The van der Waals surface area contributed by atoms with Crippen LogP contribution in [0.4, 0.5) is 0 Å². The molecule has 0 radical (unpaired) electrons. The van der Waals surface area contributed by atoms with Crippen molar-refractivity contribution in [1.29, 1.82) is 0 Å². The van der Waals surface area contributed by atoms with E-state index in [4.69, 9.17) is 0 Å². The fraction of sp³-hybridized carbons (Fsp3) is 0.684. The second-order valence-electron chi connectivity index (χ2n) is 8.12. The van der Waals surface area contributed by atoms with Crippen molar-refractivity contribution < 1.29 is 0 Å². The number of aryl methyl sites for hydroxylation is 1. The summed E-state index contributed by atoms with van der Waals surface area (Å²) in [7, 11) is 0. The van der Waals surface area contributed by atoms with E-state index in [1.54, 1.807) is 11.1 Å². The van der Waals surface area contributed by atoms with Gasteiger partial charge in [0.1, 0.15) is 0 Å². The predicted octanol–water partition coefficient (Wildman–Crippen LogP) is 4.63. The highest BCUT2D eigenvalue weighted by Gasteiger charge is 2.57. The van der Waals surface area contributed by atoms with Crippen LogP contribution in [0.3, 0.4) is 0 Å². The van der Waals surface area contributed by atoms with E-state index in [-0.39, 0.29) is 0 Å². The molecule has 4 rings (SSSR count). The molecule has 1 heterocycles. The summed E-state index contributed by atoms with van der Waals surface area (Å²) in [6.45, 7) is 7.35. The maximum atomic E-state index is 3.39. The lowest BCUT2D eigenvalue weighted by molar-refractivity contribution is 0.0224. The molecular weight excluding hydrogens is 383 g/mol. The summed E-state index contributed by atoms with van der Waals surface area (Å²) < 4.78 is 0.602. The molecule has 1 unspecified atom stereocenters. The van der Waals surface area contributed by atoms with Gasteiger partial charge in [-0.1, -0.05) is 61.1 Å². The molecule has 4 atom stereocenters. The lowest BCUT2D eigenvalue weighted by Crippen LogP contribution is -2.52. The van der Waals surface area contributed by atoms with Crippen molar-refractivity contribution in [3.8, 4) is 0 Å². The van der Waals surface area contributed by atoms with Gasteiger partial charge in [-0.25, -0.2) is 10.9 Å². The van der Waals surface area contributed by atoms with E-state index in [9.17, 15) is 0 Å². The summed E-state index contributed by atoms with van der Waals surface area (Å²) in [5, 5.41) is 0. The molecule has 1 aromatic rings. The molecule has 3 heteroatoms. The molecule has 2 nitrogen and oxygen atoms in total. The van der Waals surface area contributed by atoms with Crippen molar-refractivity contribution in [2.24, 2.45) is 11.3 Å². The third-order valence-corrected chi connectivity index (χ3v) is 7.55. The average molecular weight is 410 g/mol. The van der Waals surface area contributed by atoms with Gasteiger partial charge < -0.3 is 0 Å². The zero-order valence-electron chi connectivity index (χ0n) is 13.9. The summed E-state index contributed by atoms with van der Waals surface area (Å²) in [4.78, 5) is 0. The normalized spacial score (nSPS) is 39.0. The summed E-state index contributed by atoms with van der Waals surface area (Å²) in [5.74, 6) is 0.789. The van der Waals surface area contributed by atoms with Crippen LogP contribution in [-0.2, 0) is 11.8 Å². The predicted molar refractivity (Wildman–Crippen MR) is 100 cm³/mol. The minimum absolute atomic E-state index is 0.361. The van der Waals surface area contributed by atoms with E-state index in [2.05, 4.69) is 72.4 Å². The molecule has 1 saturated heterocycles. The smallest absolute Gasteiger partial charge is 0.0889 e. The van der Waals surface area contributed by atoms with Gasteiger partial charge in [0.15, 0.2) is 0 Å². The van der Waals surface area contributed by atoms with E-state index < -0.39 is 0 Å². The molecule has 0 amide bonds. The van der Waals surface area contributed by atoms with Crippen LogP contribution in [0.5, 0.6) is 0 Å². The number of hydrogen-bond acceptors (Lipinski definition) is 2. The van der Waals surface area contributed by atoms with Crippen LogP contribution in [0.15, 0.2) is 18.2 Å². The second-order valence-corrected chi connectivity index (χ2v) is 9.99. The third-order valence-electron chi connectivity index (χ3n) is 6.83. The van der Waals surface area contributed by atoms with E-state index in [0.29, 0.717) is 20.9 Å². The number of rotatable bonds is 2. The van der Waals surface area contributed by atoms with Crippen LogP contribution in [0.25, 0.3) is 0 Å². The lowest BCUT2D eigenvalue weighted by atomic mass is 9.49. The van der Waals surface area contributed by atoms with Crippen molar-refractivity contribution in [3.63, 3.8) is 0 Å². The maximum absolute atomic E-state index is 3.39. The first-order chi connectivity index (χ1) is 10.4. The maximum Gasteiger partial charge on any atom is 0.0889 e. The van der Waals surface area contributed by atoms with Gasteiger partial charge >= 0.3 is 0 Å². The fourth-order valence-corrected chi connectivity index (χ4v) is 5.91. The van der Waals surface area contributed by atoms with Crippen LogP contribution >= 0.6 is 22.6 Å². The first-order valence-corrected chi connectivity index (χ1v) is 9.98. The number of benzene rings is 1. The van der Waals surface area contributed by atoms with Gasteiger partial charge in [-0.05, 0) is 60.6 Å². The molecule has 0 spiro atoms. The lowest BCUT2D eigenvalue weighted by Gasteiger charge is -2.55. The molecule has 2 fully saturated rings. The summed E-state index contributed by atoms with van der Waals surface area (Å²) in [6, 6.07) is 7.34. The fourth-order valence-electron chi connectivity index (χ4n) is 5.53. The van der Waals surface area contributed by atoms with Crippen molar-refractivity contribution in [3.05, 3.63) is 34.9 Å². The Morgan fingerprint density at radius 3 is 2.68 bits per heavy atom. The van der Waals surface area contributed by atoms with Gasteiger partial charge in [0.05, 0.1) is 6.17 Å². The largest absolute Gasteiger partial charge is 0.238 e. The van der Waals surface area contributed by atoms with Crippen molar-refractivity contribution in [1.82, 2.24) is 10.9 Å². The minimum atomic E-state index is 0.361. The average Bonchev–Trinajstić information content (AvgIpc) is 3.31. The van der Waals surface area contributed by atoms with Gasteiger partial charge in [-0.3, -0.25) is 0 Å². The highest BCUT2D eigenvalue weighted by atomic mass is 127. The van der Waals surface area contributed by atoms with Gasteiger partial charge in [-0.15, -0.1) is 0 Å². The Balaban J connectivity index is 1.76. The monoisotopic (exact) mass is 410 g/mol. The first kappa shape index (κ1) is 15.4. The molecule has 1 aromatic carbocycles. The standard InChI is InChI=1S/C19H27IN2/c1-12(20)13-5-7-15-14(11-13)6-8-16-18(15,2)9-4-10-19(16,3)17-21-22-17/h5,7,11-12,16-17,21-22H,4,6,8-10H2,1-3H3/t12?,16-,18-,19-/m1/s1. The number of halogens is 1. The molecule has 2 aliphatic carbocycles. The highest BCUT2D eigenvalue weighted by molar-refractivity contribution is 14.1. The van der Waals surface area contributed by atoms with Gasteiger partial charge in [0.2, 0.25) is 0 Å². The Morgan fingerprint density at radius 1 is 1.23 bits per heavy atom.